The van der Waals surface area contributed by atoms with Gasteiger partial charge in [0, 0.05) is 11.8 Å². The third kappa shape index (κ3) is 0.934. The van der Waals surface area contributed by atoms with Crippen LogP contribution in [0.2, 0.25) is 0 Å². The van der Waals surface area contributed by atoms with E-state index in [-0.39, 0.29) is 5.41 Å². The van der Waals surface area contributed by atoms with Gasteiger partial charge in [0.25, 0.3) is 0 Å². The van der Waals surface area contributed by atoms with Crippen molar-refractivity contribution in [3.8, 4) is 0 Å². The lowest BCUT2D eigenvalue weighted by Crippen LogP contribution is -2.49. The molecule has 0 aromatic carbocycles. The standard InChI is InChI=1S/C9H16O3/c1-7(2)5-6-8(3)10-9(7,4)12-11-8/h5-6H2,1-4H3. The van der Waals surface area contributed by atoms with E-state index in [4.69, 9.17) is 14.5 Å². The highest BCUT2D eigenvalue weighted by molar-refractivity contribution is 4.93. The molecule has 2 unspecified atom stereocenters. The van der Waals surface area contributed by atoms with Crippen LogP contribution in [0.4, 0.5) is 0 Å². The van der Waals surface area contributed by atoms with Crippen LogP contribution in [0.3, 0.4) is 0 Å². The number of fused-ring (bicyclic) bond motifs is 2. The molecular weight excluding hydrogens is 156 g/mol. The Hall–Kier alpha value is -0.120. The van der Waals surface area contributed by atoms with E-state index in [0.29, 0.717) is 0 Å². The molecule has 0 radical (unpaired) electrons. The van der Waals surface area contributed by atoms with Gasteiger partial charge in [0.15, 0.2) is 0 Å². The van der Waals surface area contributed by atoms with Crippen molar-refractivity contribution in [2.24, 2.45) is 5.41 Å². The maximum Gasteiger partial charge on any atom is 0.207 e. The minimum atomic E-state index is -0.569. The number of hydrogen-bond acceptors (Lipinski definition) is 3. The van der Waals surface area contributed by atoms with E-state index in [1.54, 1.807) is 0 Å². The maximum atomic E-state index is 5.74. The molecule has 3 heteroatoms. The van der Waals surface area contributed by atoms with E-state index >= 15 is 0 Å². The van der Waals surface area contributed by atoms with Crippen LogP contribution < -0.4 is 0 Å². The van der Waals surface area contributed by atoms with Crippen LogP contribution in [0, 0.1) is 5.41 Å². The molecule has 0 aliphatic carbocycles. The Balaban J connectivity index is 2.31. The van der Waals surface area contributed by atoms with Crippen LogP contribution in [-0.2, 0) is 14.5 Å². The first-order chi connectivity index (χ1) is 5.37. The van der Waals surface area contributed by atoms with Gasteiger partial charge in [-0.25, -0.2) is 0 Å². The smallest absolute Gasteiger partial charge is 0.207 e. The van der Waals surface area contributed by atoms with E-state index in [1.807, 2.05) is 13.8 Å². The van der Waals surface area contributed by atoms with Gasteiger partial charge in [-0.1, -0.05) is 13.8 Å². The summed E-state index contributed by atoms with van der Waals surface area (Å²) in [6, 6.07) is 0. The first-order valence-electron chi connectivity index (χ1n) is 4.44. The van der Waals surface area contributed by atoms with Gasteiger partial charge in [-0.3, -0.25) is 0 Å². The quantitative estimate of drug-likeness (QED) is 0.524. The molecule has 0 N–H and O–H groups in total. The van der Waals surface area contributed by atoms with E-state index in [2.05, 4.69) is 13.8 Å². The van der Waals surface area contributed by atoms with Crippen molar-refractivity contribution in [2.45, 2.75) is 52.1 Å². The Kier molecular flexibility index (Phi) is 1.43. The minimum absolute atomic E-state index is 0.0308. The zero-order valence-corrected chi connectivity index (χ0v) is 8.14. The predicted molar refractivity (Wildman–Crippen MR) is 43.1 cm³/mol. The lowest BCUT2D eigenvalue weighted by molar-refractivity contribution is -0.351. The van der Waals surface area contributed by atoms with Gasteiger partial charge in [0.2, 0.25) is 11.6 Å². The highest BCUT2D eigenvalue weighted by Crippen LogP contribution is 2.53. The van der Waals surface area contributed by atoms with Crippen molar-refractivity contribution in [3.05, 3.63) is 0 Å². The molecule has 70 valence electrons. The third-order valence-electron chi connectivity index (χ3n) is 3.22. The van der Waals surface area contributed by atoms with Gasteiger partial charge in [-0.05, 0) is 20.3 Å². The summed E-state index contributed by atoms with van der Waals surface area (Å²) in [5.74, 6) is -1.08. The number of hydrogen-bond donors (Lipinski definition) is 0. The lowest BCUT2D eigenvalue weighted by Gasteiger charge is -2.42. The zero-order valence-electron chi connectivity index (χ0n) is 8.14. The fraction of sp³-hybridized carbons (Fsp3) is 1.00. The van der Waals surface area contributed by atoms with Crippen molar-refractivity contribution < 1.29 is 14.5 Å². The van der Waals surface area contributed by atoms with E-state index < -0.39 is 11.6 Å². The summed E-state index contributed by atoms with van der Waals surface area (Å²) in [5, 5.41) is 0. The van der Waals surface area contributed by atoms with E-state index in [9.17, 15) is 0 Å². The zero-order chi connectivity index (χ0) is 9.04. The van der Waals surface area contributed by atoms with Gasteiger partial charge < -0.3 is 4.74 Å². The normalized spacial score (nSPS) is 51.0. The van der Waals surface area contributed by atoms with Gasteiger partial charge in [0.05, 0.1) is 0 Å². The fourth-order valence-corrected chi connectivity index (χ4v) is 1.72. The summed E-state index contributed by atoms with van der Waals surface area (Å²) < 4.78 is 5.74. The topological polar surface area (TPSA) is 27.7 Å². The molecule has 3 nitrogen and oxygen atoms in total. The fourth-order valence-electron chi connectivity index (χ4n) is 1.72. The van der Waals surface area contributed by atoms with Crippen molar-refractivity contribution in [1.82, 2.24) is 0 Å². The molecule has 2 aliphatic heterocycles. The summed E-state index contributed by atoms with van der Waals surface area (Å²) in [7, 11) is 0. The summed E-state index contributed by atoms with van der Waals surface area (Å²) in [4.78, 5) is 10.4. The summed E-state index contributed by atoms with van der Waals surface area (Å²) in [6.07, 6.45) is 1.97. The van der Waals surface area contributed by atoms with Crippen LogP contribution in [0.25, 0.3) is 0 Å². The van der Waals surface area contributed by atoms with Crippen LogP contribution in [0.1, 0.15) is 40.5 Å². The van der Waals surface area contributed by atoms with Gasteiger partial charge in [-0.15, -0.1) is 0 Å². The minimum Gasteiger partial charge on any atom is -0.312 e. The summed E-state index contributed by atoms with van der Waals surface area (Å²) >= 11 is 0. The molecule has 0 saturated carbocycles. The van der Waals surface area contributed by atoms with Crippen LogP contribution >= 0.6 is 0 Å². The average molecular weight is 172 g/mol. The number of rotatable bonds is 0. The Morgan fingerprint density at radius 1 is 0.917 bits per heavy atom. The Bertz CT molecular complexity index is 214. The Morgan fingerprint density at radius 2 is 1.58 bits per heavy atom. The monoisotopic (exact) mass is 172 g/mol. The molecule has 2 fully saturated rings. The first kappa shape index (κ1) is 8.48. The van der Waals surface area contributed by atoms with Crippen molar-refractivity contribution in [2.75, 3.05) is 0 Å². The molecule has 0 spiro atoms. The second-order valence-corrected chi connectivity index (χ2v) is 4.73. The molecule has 2 rings (SSSR count). The van der Waals surface area contributed by atoms with Crippen molar-refractivity contribution in [3.63, 3.8) is 0 Å². The third-order valence-corrected chi connectivity index (χ3v) is 3.22. The molecule has 2 heterocycles. The molecule has 0 aromatic rings. The highest BCUT2D eigenvalue weighted by atomic mass is 17.3. The van der Waals surface area contributed by atoms with Gasteiger partial charge in [0.1, 0.15) is 0 Å². The second kappa shape index (κ2) is 2.03. The Morgan fingerprint density at radius 3 is 2.17 bits per heavy atom. The van der Waals surface area contributed by atoms with Crippen LogP contribution in [0.5, 0.6) is 0 Å². The Labute approximate surface area is 72.9 Å². The summed E-state index contributed by atoms with van der Waals surface area (Å²) in [6.45, 7) is 8.15. The molecular formula is C9H16O3. The van der Waals surface area contributed by atoms with E-state index in [1.165, 1.54) is 0 Å². The van der Waals surface area contributed by atoms with Gasteiger partial charge >= 0.3 is 0 Å². The molecule has 2 aliphatic rings. The lowest BCUT2D eigenvalue weighted by atomic mass is 9.77. The molecule has 12 heavy (non-hydrogen) atoms. The van der Waals surface area contributed by atoms with E-state index in [0.717, 1.165) is 12.8 Å². The second-order valence-electron chi connectivity index (χ2n) is 4.73. The maximum absolute atomic E-state index is 5.74. The van der Waals surface area contributed by atoms with Crippen molar-refractivity contribution >= 4 is 0 Å². The largest absolute Gasteiger partial charge is 0.312 e. The predicted octanol–water partition coefficient (Wildman–Crippen LogP) is 2.22. The van der Waals surface area contributed by atoms with Crippen LogP contribution in [-0.4, -0.2) is 11.6 Å². The highest BCUT2D eigenvalue weighted by Gasteiger charge is 2.59. The molecule has 2 saturated heterocycles. The van der Waals surface area contributed by atoms with Crippen LogP contribution in [0.15, 0.2) is 0 Å². The molecule has 2 atom stereocenters. The van der Waals surface area contributed by atoms with Crippen molar-refractivity contribution in [1.29, 1.82) is 0 Å². The number of ether oxygens (including phenoxy) is 1. The average Bonchev–Trinajstić information content (AvgIpc) is 2.22. The molecule has 0 amide bonds. The molecule has 0 aromatic heterocycles. The summed E-state index contributed by atoms with van der Waals surface area (Å²) in [5.41, 5.74) is 0.0308. The SMILES string of the molecule is CC12CCC(C)(C)C(C)(OO1)O2. The first-order valence-corrected chi connectivity index (χ1v) is 4.44. The van der Waals surface area contributed by atoms with Gasteiger partial charge in [-0.2, -0.15) is 9.78 Å². The molecule has 2 bridgehead atoms.